The molecule has 0 fully saturated rings. The molecule has 0 bridgehead atoms. The van der Waals surface area contributed by atoms with Crippen LogP contribution in [-0.2, 0) is 0 Å². The Labute approximate surface area is 118 Å². The summed E-state index contributed by atoms with van der Waals surface area (Å²) in [4.78, 5) is 22.9. The van der Waals surface area contributed by atoms with E-state index in [0.29, 0.717) is 0 Å². The van der Waals surface area contributed by atoms with E-state index in [9.17, 15) is 18.4 Å². The van der Waals surface area contributed by atoms with Crippen LogP contribution in [0, 0.1) is 11.6 Å². The highest BCUT2D eigenvalue weighted by Gasteiger charge is 2.19. The number of hydrogen-bond acceptors (Lipinski definition) is 3. The molecule has 0 saturated heterocycles. The molecule has 21 heavy (non-hydrogen) atoms. The number of carboxylic acids is 1. The van der Waals surface area contributed by atoms with Crippen LogP contribution in [0.15, 0.2) is 36.4 Å². The van der Waals surface area contributed by atoms with Gasteiger partial charge in [0.15, 0.2) is 0 Å². The number of nitrogen functional groups attached to an aromatic ring is 1. The summed E-state index contributed by atoms with van der Waals surface area (Å²) >= 11 is 0. The fourth-order valence-corrected chi connectivity index (χ4v) is 1.75. The monoisotopic (exact) mass is 292 g/mol. The summed E-state index contributed by atoms with van der Waals surface area (Å²) in [5.74, 6) is -4.30. The predicted octanol–water partition coefficient (Wildman–Crippen LogP) is 2.50. The lowest BCUT2D eigenvalue weighted by molar-refractivity contribution is 0.0693. The maximum atomic E-state index is 13.6. The van der Waals surface area contributed by atoms with Crippen molar-refractivity contribution in [3.8, 4) is 0 Å². The van der Waals surface area contributed by atoms with Crippen molar-refractivity contribution in [1.29, 1.82) is 0 Å². The SMILES string of the molecule is Nc1ccc(C(=O)Nc2cccc(F)c2C(=O)O)c(F)c1. The second kappa shape index (κ2) is 5.58. The van der Waals surface area contributed by atoms with Gasteiger partial charge in [0.2, 0.25) is 0 Å². The van der Waals surface area contributed by atoms with Crippen molar-refractivity contribution in [2.45, 2.75) is 0 Å². The zero-order chi connectivity index (χ0) is 15.6. The molecule has 4 N–H and O–H groups in total. The highest BCUT2D eigenvalue weighted by molar-refractivity contribution is 6.08. The molecule has 0 spiro atoms. The van der Waals surface area contributed by atoms with Gasteiger partial charge in [0.25, 0.3) is 5.91 Å². The van der Waals surface area contributed by atoms with Gasteiger partial charge < -0.3 is 16.2 Å². The maximum absolute atomic E-state index is 13.6. The Hall–Kier alpha value is -2.96. The zero-order valence-electron chi connectivity index (χ0n) is 10.6. The van der Waals surface area contributed by atoms with Crippen LogP contribution in [0.2, 0.25) is 0 Å². The summed E-state index contributed by atoms with van der Waals surface area (Å²) in [5.41, 5.74) is 4.22. The van der Waals surface area contributed by atoms with Gasteiger partial charge in [0, 0.05) is 5.69 Å². The molecule has 0 aliphatic carbocycles. The van der Waals surface area contributed by atoms with Crippen molar-refractivity contribution in [1.82, 2.24) is 0 Å². The van der Waals surface area contributed by atoms with Crippen molar-refractivity contribution < 1.29 is 23.5 Å². The predicted molar refractivity (Wildman–Crippen MR) is 72.1 cm³/mol. The number of hydrogen-bond donors (Lipinski definition) is 3. The van der Waals surface area contributed by atoms with Gasteiger partial charge in [-0.15, -0.1) is 0 Å². The number of amides is 1. The topological polar surface area (TPSA) is 92.4 Å². The first-order chi connectivity index (χ1) is 9.90. The van der Waals surface area contributed by atoms with Crippen molar-refractivity contribution >= 4 is 23.3 Å². The van der Waals surface area contributed by atoms with Gasteiger partial charge in [-0.1, -0.05) is 6.07 Å². The normalized spacial score (nSPS) is 10.2. The third kappa shape index (κ3) is 2.97. The molecule has 5 nitrogen and oxygen atoms in total. The van der Waals surface area contributed by atoms with Gasteiger partial charge in [-0.05, 0) is 30.3 Å². The van der Waals surface area contributed by atoms with E-state index in [2.05, 4.69) is 5.32 Å². The fraction of sp³-hybridized carbons (Fsp3) is 0. The van der Waals surface area contributed by atoms with Crippen molar-refractivity contribution in [3.63, 3.8) is 0 Å². The van der Waals surface area contributed by atoms with Crippen molar-refractivity contribution in [3.05, 3.63) is 59.2 Å². The zero-order valence-corrected chi connectivity index (χ0v) is 10.6. The van der Waals surface area contributed by atoms with Crippen LogP contribution < -0.4 is 11.1 Å². The fourth-order valence-electron chi connectivity index (χ4n) is 1.75. The van der Waals surface area contributed by atoms with Crippen LogP contribution in [0.3, 0.4) is 0 Å². The lowest BCUT2D eigenvalue weighted by atomic mass is 10.1. The number of carboxylic acid groups (broad SMARTS) is 1. The van der Waals surface area contributed by atoms with Crippen LogP contribution >= 0.6 is 0 Å². The summed E-state index contributed by atoms with van der Waals surface area (Å²) in [6.07, 6.45) is 0. The Morgan fingerprint density at radius 3 is 2.43 bits per heavy atom. The molecule has 0 radical (unpaired) electrons. The van der Waals surface area contributed by atoms with Gasteiger partial charge in [0.1, 0.15) is 17.2 Å². The molecule has 0 heterocycles. The largest absolute Gasteiger partial charge is 0.478 e. The third-order valence-electron chi connectivity index (χ3n) is 2.71. The van der Waals surface area contributed by atoms with E-state index in [1.54, 1.807) is 0 Å². The number of benzene rings is 2. The molecule has 2 aromatic rings. The van der Waals surface area contributed by atoms with Gasteiger partial charge in [-0.25, -0.2) is 13.6 Å². The number of nitrogens with one attached hydrogen (secondary N) is 1. The molecule has 2 rings (SSSR count). The smallest absolute Gasteiger partial charge is 0.340 e. The number of nitrogens with two attached hydrogens (primary N) is 1. The Morgan fingerprint density at radius 1 is 1.10 bits per heavy atom. The summed E-state index contributed by atoms with van der Waals surface area (Å²) in [6.45, 7) is 0. The second-order valence-electron chi connectivity index (χ2n) is 4.16. The van der Waals surface area contributed by atoms with Crippen LogP contribution in [0.4, 0.5) is 20.2 Å². The van der Waals surface area contributed by atoms with Gasteiger partial charge in [0.05, 0.1) is 11.3 Å². The summed E-state index contributed by atoms with van der Waals surface area (Å²) < 4.78 is 27.1. The van der Waals surface area contributed by atoms with Crippen LogP contribution in [0.25, 0.3) is 0 Å². The molecule has 0 saturated carbocycles. The molecule has 0 aromatic heterocycles. The van der Waals surface area contributed by atoms with E-state index in [-0.39, 0.29) is 16.9 Å². The highest BCUT2D eigenvalue weighted by atomic mass is 19.1. The summed E-state index contributed by atoms with van der Waals surface area (Å²) in [7, 11) is 0. The van der Waals surface area contributed by atoms with E-state index < -0.39 is 29.1 Å². The third-order valence-corrected chi connectivity index (χ3v) is 2.71. The van der Waals surface area contributed by atoms with E-state index >= 15 is 0 Å². The highest BCUT2D eigenvalue weighted by Crippen LogP contribution is 2.21. The molecule has 0 aliphatic heterocycles. The number of rotatable bonds is 3. The molecule has 108 valence electrons. The second-order valence-corrected chi connectivity index (χ2v) is 4.16. The molecule has 0 unspecified atom stereocenters. The average molecular weight is 292 g/mol. The lowest BCUT2D eigenvalue weighted by Gasteiger charge is -2.10. The number of halogens is 2. The number of anilines is 2. The van der Waals surface area contributed by atoms with E-state index in [0.717, 1.165) is 18.2 Å². The summed E-state index contributed by atoms with van der Waals surface area (Å²) in [6, 6.07) is 6.82. The first-order valence-corrected chi connectivity index (χ1v) is 5.78. The minimum atomic E-state index is -1.54. The van der Waals surface area contributed by atoms with Gasteiger partial charge in [-0.3, -0.25) is 4.79 Å². The Kier molecular flexibility index (Phi) is 3.84. The van der Waals surface area contributed by atoms with E-state index in [1.165, 1.54) is 18.2 Å². The maximum Gasteiger partial charge on any atom is 0.340 e. The van der Waals surface area contributed by atoms with Crippen molar-refractivity contribution in [2.24, 2.45) is 0 Å². The van der Waals surface area contributed by atoms with Crippen LogP contribution in [-0.4, -0.2) is 17.0 Å². The quantitative estimate of drug-likeness (QED) is 0.758. The minimum Gasteiger partial charge on any atom is -0.478 e. The minimum absolute atomic E-state index is 0.140. The van der Waals surface area contributed by atoms with Gasteiger partial charge in [-0.2, -0.15) is 0 Å². The molecular weight excluding hydrogens is 282 g/mol. The first-order valence-electron chi connectivity index (χ1n) is 5.78. The van der Waals surface area contributed by atoms with Crippen molar-refractivity contribution in [2.75, 3.05) is 11.1 Å². The average Bonchev–Trinajstić information content (AvgIpc) is 2.37. The number of carbonyl (C=O) groups is 2. The Balaban J connectivity index is 2.36. The Morgan fingerprint density at radius 2 is 1.81 bits per heavy atom. The summed E-state index contributed by atoms with van der Waals surface area (Å²) in [5, 5.41) is 11.1. The van der Waals surface area contributed by atoms with Crippen LogP contribution in [0.5, 0.6) is 0 Å². The van der Waals surface area contributed by atoms with E-state index in [1.807, 2.05) is 0 Å². The van der Waals surface area contributed by atoms with Crippen LogP contribution in [0.1, 0.15) is 20.7 Å². The van der Waals surface area contributed by atoms with Gasteiger partial charge >= 0.3 is 5.97 Å². The lowest BCUT2D eigenvalue weighted by Crippen LogP contribution is -2.17. The number of aromatic carboxylic acids is 1. The standard InChI is InChI=1S/C14H10F2N2O3/c15-9-2-1-3-11(12(9)14(20)21)18-13(19)8-5-4-7(17)6-10(8)16/h1-6H,17H2,(H,18,19)(H,20,21). The van der Waals surface area contributed by atoms with E-state index in [4.69, 9.17) is 10.8 Å². The number of carbonyl (C=O) groups excluding carboxylic acids is 1. The molecule has 1 amide bonds. The first kappa shape index (κ1) is 14.4. The molecule has 7 heteroatoms. The molecule has 0 aliphatic rings. The Bertz CT molecular complexity index is 732. The molecule has 0 atom stereocenters. The molecule has 2 aromatic carbocycles. The molecular formula is C14H10F2N2O3.